The van der Waals surface area contributed by atoms with E-state index in [1.807, 2.05) is 0 Å². The molecule has 0 spiro atoms. The van der Waals surface area contributed by atoms with E-state index in [1.165, 1.54) is 6.21 Å². The lowest BCUT2D eigenvalue weighted by Gasteiger charge is -2.28. The van der Waals surface area contributed by atoms with Crippen molar-refractivity contribution >= 4 is 18.4 Å². The van der Waals surface area contributed by atoms with Crippen LogP contribution in [-0.2, 0) is 16.0 Å². The topological polar surface area (TPSA) is 100 Å². The number of amides is 2. The van der Waals surface area contributed by atoms with Crippen molar-refractivity contribution in [2.75, 3.05) is 0 Å². The lowest BCUT2D eigenvalue weighted by Crippen LogP contribution is -2.43. The number of ether oxygens (including phenoxy) is 2. The molecule has 0 saturated carbocycles. The van der Waals surface area contributed by atoms with Gasteiger partial charge < -0.3 is 9.47 Å². The summed E-state index contributed by atoms with van der Waals surface area (Å²) >= 11 is 0. The molecule has 0 heterocycles. The van der Waals surface area contributed by atoms with Gasteiger partial charge in [-0.3, -0.25) is 5.21 Å². The molecule has 1 aromatic carbocycles. The molecule has 0 radical (unpaired) electrons. The third-order valence-electron chi connectivity index (χ3n) is 2.82. The van der Waals surface area contributed by atoms with E-state index in [0.717, 1.165) is 10.5 Å². The fourth-order valence-corrected chi connectivity index (χ4v) is 1.83. The van der Waals surface area contributed by atoms with Gasteiger partial charge in [-0.1, -0.05) is 24.3 Å². The van der Waals surface area contributed by atoms with Crippen molar-refractivity contribution in [3.05, 3.63) is 35.4 Å². The van der Waals surface area contributed by atoms with Crippen molar-refractivity contribution in [3.8, 4) is 0 Å². The quantitative estimate of drug-likeness (QED) is 0.624. The van der Waals surface area contributed by atoms with E-state index < -0.39 is 23.4 Å². The number of carbonyl (C=O) groups is 2. The summed E-state index contributed by atoms with van der Waals surface area (Å²) in [7, 11) is 0. The van der Waals surface area contributed by atoms with Gasteiger partial charge >= 0.3 is 12.2 Å². The molecule has 0 unspecified atom stereocenters. The second kappa shape index (κ2) is 8.66. The van der Waals surface area contributed by atoms with E-state index in [1.54, 1.807) is 71.4 Å². The van der Waals surface area contributed by atoms with Crippen molar-refractivity contribution < 1.29 is 24.3 Å². The molecule has 0 aromatic heterocycles. The van der Waals surface area contributed by atoms with Crippen LogP contribution in [0.5, 0.6) is 0 Å². The van der Waals surface area contributed by atoms with Gasteiger partial charge in [0.05, 0.1) is 12.8 Å². The first-order valence-corrected chi connectivity index (χ1v) is 8.16. The van der Waals surface area contributed by atoms with Gasteiger partial charge in [-0.2, -0.15) is 10.7 Å². The van der Waals surface area contributed by atoms with Gasteiger partial charge in [0.2, 0.25) is 0 Å². The third-order valence-corrected chi connectivity index (χ3v) is 2.82. The van der Waals surface area contributed by atoms with Crippen LogP contribution in [0.3, 0.4) is 0 Å². The molecule has 0 aliphatic rings. The van der Waals surface area contributed by atoms with Crippen molar-refractivity contribution in [2.24, 2.45) is 5.10 Å². The molecule has 26 heavy (non-hydrogen) atoms. The molecule has 1 aromatic rings. The Morgan fingerprint density at radius 3 is 1.88 bits per heavy atom. The maximum Gasteiger partial charge on any atom is 0.420 e. The molecule has 0 fully saturated rings. The molecule has 8 nitrogen and oxygen atoms in total. The van der Waals surface area contributed by atoms with Crippen LogP contribution >= 0.6 is 0 Å². The summed E-state index contributed by atoms with van der Waals surface area (Å²) in [4.78, 5) is 25.8. The first kappa shape index (κ1) is 21.4. The molecule has 0 bridgehead atoms. The van der Waals surface area contributed by atoms with Crippen molar-refractivity contribution in [1.29, 1.82) is 0 Å². The second-order valence-corrected chi connectivity index (χ2v) is 7.65. The Kier molecular flexibility index (Phi) is 7.14. The summed E-state index contributed by atoms with van der Waals surface area (Å²) in [6.45, 7) is 10.3. The summed E-state index contributed by atoms with van der Waals surface area (Å²) in [6.07, 6.45) is -0.132. The number of carbonyl (C=O) groups excluding carboxylic acids is 2. The van der Waals surface area contributed by atoms with Crippen molar-refractivity contribution in [1.82, 2.24) is 10.5 Å². The fourth-order valence-electron chi connectivity index (χ4n) is 1.83. The first-order valence-electron chi connectivity index (χ1n) is 8.16. The highest BCUT2D eigenvalue weighted by atomic mass is 16.6. The highest BCUT2D eigenvalue weighted by molar-refractivity contribution is 5.88. The molecule has 0 aliphatic carbocycles. The number of imide groups is 1. The third kappa shape index (κ3) is 7.98. The molecule has 0 saturated heterocycles. The van der Waals surface area contributed by atoms with Crippen LogP contribution < -0.4 is 5.59 Å². The Balaban J connectivity index is 2.99. The Labute approximate surface area is 153 Å². The van der Waals surface area contributed by atoms with Crippen LogP contribution in [0.4, 0.5) is 9.59 Å². The lowest BCUT2D eigenvalue weighted by molar-refractivity contribution is -0.000247. The largest absolute Gasteiger partial charge is 0.443 e. The summed E-state index contributed by atoms with van der Waals surface area (Å²) in [5.41, 5.74) is 1.63. The van der Waals surface area contributed by atoms with E-state index in [4.69, 9.17) is 14.7 Å². The molecule has 0 aliphatic heterocycles. The summed E-state index contributed by atoms with van der Waals surface area (Å²) in [6, 6.07) is 6.94. The van der Waals surface area contributed by atoms with Crippen LogP contribution in [0.1, 0.15) is 52.7 Å². The molecular weight excluding hydrogens is 338 g/mol. The number of hydrogen-bond donors (Lipinski definition) is 2. The number of rotatable bonds is 4. The lowest BCUT2D eigenvalue weighted by atomic mass is 10.1. The van der Waals surface area contributed by atoms with Crippen LogP contribution in [0.25, 0.3) is 0 Å². The van der Waals surface area contributed by atoms with Gasteiger partial charge in [0.15, 0.2) is 0 Å². The van der Waals surface area contributed by atoms with Gasteiger partial charge in [0.1, 0.15) is 11.2 Å². The zero-order valence-corrected chi connectivity index (χ0v) is 16.1. The average Bonchev–Trinajstić information content (AvgIpc) is 2.48. The number of benzene rings is 1. The molecule has 0 atom stereocenters. The maximum absolute atomic E-state index is 12.4. The highest BCUT2D eigenvalue weighted by Gasteiger charge is 2.31. The van der Waals surface area contributed by atoms with E-state index in [2.05, 4.69) is 5.10 Å². The van der Waals surface area contributed by atoms with Crippen LogP contribution in [-0.4, -0.2) is 39.7 Å². The standard InChI is InChI=1S/C18H27N3O5/c1-17(2,3)25-15(22)21(16(23)26-18(4,5)6)12-14-9-7-13(8-10-14)11-19-20-24/h7-11,20,24H,12H2,1-6H3. The van der Waals surface area contributed by atoms with Crippen molar-refractivity contribution in [3.63, 3.8) is 0 Å². The number of hydrazone groups is 1. The molecular formula is C18H27N3O5. The van der Waals surface area contributed by atoms with Gasteiger partial charge in [-0.25, -0.2) is 14.5 Å². The average molecular weight is 365 g/mol. The van der Waals surface area contributed by atoms with E-state index >= 15 is 0 Å². The normalized spacial score (nSPS) is 12.0. The minimum Gasteiger partial charge on any atom is -0.443 e. The second-order valence-electron chi connectivity index (χ2n) is 7.65. The fraction of sp³-hybridized carbons (Fsp3) is 0.500. The Morgan fingerprint density at radius 1 is 1.04 bits per heavy atom. The smallest absolute Gasteiger partial charge is 0.420 e. The van der Waals surface area contributed by atoms with Crippen molar-refractivity contribution in [2.45, 2.75) is 59.3 Å². The van der Waals surface area contributed by atoms with Gasteiger partial charge in [-0.05, 0) is 52.7 Å². The SMILES string of the molecule is CC(C)(C)OC(=O)N(Cc1ccc(C=NNO)cc1)C(=O)OC(C)(C)C. The monoisotopic (exact) mass is 365 g/mol. The predicted molar refractivity (Wildman–Crippen MR) is 97.0 cm³/mol. The zero-order chi connectivity index (χ0) is 20.0. The van der Waals surface area contributed by atoms with Crippen LogP contribution in [0.2, 0.25) is 0 Å². The highest BCUT2D eigenvalue weighted by Crippen LogP contribution is 2.17. The van der Waals surface area contributed by atoms with E-state index in [0.29, 0.717) is 5.56 Å². The van der Waals surface area contributed by atoms with Gasteiger partial charge in [0.25, 0.3) is 0 Å². The Hall–Kier alpha value is -2.61. The molecule has 2 amide bonds. The van der Waals surface area contributed by atoms with Crippen LogP contribution in [0.15, 0.2) is 29.4 Å². The number of nitrogens with zero attached hydrogens (tertiary/aromatic N) is 2. The minimum absolute atomic E-state index is 0.000497. The predicted octanol–water partition coefficient (Wildman–Crippen LogP) is 3.67. The number of hydrogen-bond acceptors (Lipinski definition) is 7. The summed E-state index contributed by atoms with van der Waals surface area (Å²) in [5.74, 6) is 0. The zero-order valence-electron chi connectivity index (χ0n) is 16.1. The summed E-state index contributed by atoms with van der Waals surface area (Å²) in [5, 5.41) is 11.9. The molecule has 8 heteroatoms. The Morgan fingerprint density at radius 2 is 1.50 bits per heavy atom. The van der Waals surface area contributed by atoms with Crippen LogP contribution in [0, 0.1) is 0 Å². The molecule has 1 rings (SSSR count). The van der Waals surface area contributed by atoms with Gasteiger partial charge in [-0.15, -0.1) is 0 Å². The Bertz CT molecular complexity index is 614. The van der Waals surface area contributed by atoms with E-state index in [-0.39, 0.29) is 6.54 Å². The first-order chi connectivity index (χ1) is 11.9. The van der Waals surface area contributed by atoms with E-state index in [9.17, 15) is 9.59 Å². The summed E-state index contributed by atoms with van der Waals surface area (Å²) < 4.78 is 10.6. The minimum atomic E-state index is -0.776. The number of nitrogens with one attached hydrogen (secondary N) is 1. The molecule has 144 valence electrons. The maximum atomic E-state index is 12.4. The van der Waals surface area contributed by atoms with Gasteiger partial charge in [0, 0.05) is 0 Å². The molecule has 2 N–H and O–H groups in total.